The molecule has 1 atom stereocenters. The predicted molar refractivity (Wildman–Crippen MR) is 103 cm³/mol. The molecule has 0 radical (unpaired) electrons. The van der Waals surface area contributed by atoms with Gasteiger partial charge in [-0.3, -0.25) is 4.79 Å². The summed E-state index contributed by atoms with van der Waals surface area (Å²) in [6.45, 7) is 4.93. The number of fused-ring (bicyclic) bond motifs is 1. The van der Waals surface area contributed by atoms with Gasteiger partial charge in [0.1, 0.15) is 0 Å². The van der Waals surface area contributed by atoms with E-state index in [9.17, 15) is 4.79 Å². The monoisotopic (exact) mass is 373 g/mol. The van der Waals surface area contributed by atoms with Crippen molar-refractivity contribution in [3.63, 3.8) is 0 Å². The molecular weight excluding hydrogens is 350 g/mol. The van der Waals surface area contributed by atoms with Crippen LogP contribution < -0.4 is 9.47 Å². The summed E-state index contributed by atoms with van der Waals surface area (Å²) in [4.78, 5) is 15.1. The first-order valence-corrected chi connectivity index (χ1v) is 9.15. The van der Waals surface area contributed by atoms with E-state index in [0.717, 1.165) is 17.7 Å². The smallest absolute Gasteiger partial charge is 0.254 e. The highest BCUT2D eigenvalue weighted by molar-refractivity contribution is 6.30. The minimum absolute atomic E-state index is 0.00614. The molecular formula is C21H24ClNO3. The first-order chi connectivity index (χ1) is 12.5. The van der Waals surface area contributed by atoms with Crippen molar-refractivity contribution in [2.45, 2.75) is 26.3 Å². The molecule has 0 aromatic heterocycles. The Labute approximate surface area is 159 Å². The summed E-state index contributed by atoms with van der Waals surface area (Å²) in [5.41, 5.74) is 2.95. The van der Waals surface area contributed by atoms with E-state index >= 15 is 0 Å². The third-order valence-corrected chi connectivity index (χ3v) is 5.12. The molecule has 26 heavy (non-hydrogen) atoms. The molecule has 0 unspecified atom stereocenters. The highest BCUT2D eigenvalue weighted by Crippen LogP contribution is 2.41. The topological polar surface area (TPSA) is 38.8 Å². The number of hydrogen-bond acceptors (Lipinski definition) is 3. The summed E-state index contributed by atoms with van der Waals surface area (Å²) >= 11 is 6.08. The quantitative estimate of drug-likeness (QED) is 0.776. The van der Waals surface area contributed by atoms with Crippen LogP contribution in [-0.2, 0) is 6.42 Å². The molecule has 0 fully saturated rings. The lowest BCUT2D eigenvalue weighted by Crippen LogP contribution is -2.42. The van der Waals surface area contributed by atoms with Gasteiger partial charge in [-0.2, -0.15) is 0 Å². The van der Waals surface area contributed by atoms with Crippen LogP contribution in [0.4, 0.5) is 0 Å². The van der Waals surface area contributed by atoms with E-state index in [-0.39, 0.29) is 17.9 Å². The van der Waals surface area contributed by atoms with E-state index in [0.29, 0.717) is 22.9 Å². The average molecular weight is 374 g/mol. The van der Waals surface area contributed by atoms with Crippen molar-refractivity contribution in [3.8, 4) is 11.5 Å². The van der Waals surface area contributed by atoms with Gasteiger partial charge in [0.05, 0.1) is 20.3 Å². The summed E-state index contributed by atoms with van der Waals surface area (Å²) < 4.78 is 10.9. The van der Waals surface area contributed by atoms with Gasteiger partial charge in [0, 0.05) is 17.1 Å². The fraction of sp³-hybridized carbons (Fsp3) is 0.381. The number of halogens is 1. The molecule has 0 N–H and O–H groups in total. The summed E-state index contributed by atoms with van der Waals surface area (Å²) in [7, 11) is 3.27. The SMILES string of the molecule is COc1cc2c(cc1OC)[C@H](C(C)C)N(C(=O)c1cccc(Cl)c1)CC2. The van der Waals surface area contributed by atoms with Crippen LogP contribution in [0.5, 0.6) is 11.5 Å². The van der Waals surface area contributed by atoms with Crippen molar-refractivity contribution in [2.75, 3.05) is 20.8 Å². The van der Waals surface area contributed by atoms with E-state index in [1.807, 2.05) is 29.2 Å². The summed E-state index contributed by atoms with van der Waals surface area (Å²) in [5, 5.41) is 0.570. The molecule has 3 rings (SSSR count). The lowest BCUT2D eigenvalue weighted by molar-refractivity contribution is 0.0603. The number of rotatable bonds is 4. The Morgan fingerprint density at radius 1 is 1.15 bits per heavy atom. The molecule has 2 aromatic rings. The van der Waals surface area contributed by atoms with Crippen molar-refractivity contribution in [1.29, 1.82) is 0 Å². The molecule has 1 amide bonds. The summed E-state index contributed by atoms with van der Waals surface area (Å²) in [5.74, 6) is 1.68. The maximum absolute atomic E-state index is 13.2. The van der Waals surface area contributed by atoms with Crippen LogP contribution in [0.2, 0.25) is 5.02 Å². The largest absolute Gasteiger partial charge is 0.493 e. The van der Waals surface area contributed by atoms with Crippen molar-refractivity contribution < 1.29 is 14.3 Å². The van der Waals surface area contributed by atoms with Crippen LogP contribution in [-0.4, -0.2) is 31.6 Å². The Hall–Kier alpha value is -2.20. The Balaban J connectivity index is 2.04. The Kier molecular flexibility index (Phi) is 5.42. The molecule has 0 aliphatic carbocycles. The van der Waals surface area contributed by atoms with Crippen molar-refractivity contribution >= 4 is 17.5 Å². The lowest BCUT2D eigenvalue weighted by Gasteiger charge is -2.40. The lowest BCUT2D eigenvalue weighted by atomic mass is 9.85. The number of nitrogens with zero attached hydrogens (tertiary/aromatic N) is 1. The molecule has 138 valence electrons. The average Bonchev–Trinajstić information content (AvgIpc) is 2.64. The summed E-state index contributed by atoms with van der Waals surface area (Å²) in [6, 6.07) is 11.2. The number of carbonyl (C=O) groups excluding carboxylic acids is 1. The van der Waals surface area contributed by atoms with Crippen LogP contribution >= 0.6 is 11.6 Å². The van der Waals surface area contributed by atoms with Gasteiger partial charge in [-0.1, -0.05) is 31.5 Å². The van der Waals surface area contributed by atoms with E-state index < -0.39 is 0 Å². The number of hydrogen-bond donors (Lipinski definition) is 0. The molecule has 0 saturated heterocycles. The number of ether oxygens (including phenoxy) is 2. The highest BCUT2D eigenvalue weighted by Gasteiger charge is 2.34. The van der Waals surface area contributed by atoms with Gasteiger partial charge in [0.25, 0.3) is 5.91 Å². The number of methoxy groups -OCH3 is 2. The second kappa shape index (κ2) is 7.58. The number of benzene rings is 2. The van der Waals surface area contributed by atoms with Gasteiger partial charge in [-0.25, -0.2) is 0 Å². The zero-order valence-electron chi connectivity index (χ0n) is 15.6. The minimum atomic E-state index is -0.0231. The van der Waals surface area contributed by atoms with E-state index in [4.69, 9.17) is 21.1 Å². The third kappa shape index (κ3) is 3.38. The van der Waals surface area contributed by atoms with E-state index in [2.05, 4.69) is 13.8 Å². The van der Waals surface area contributed by atoms with Crippen molar-refractivity contribution in [1.82, 2.24) is 4.90 Å². The van der Waals surface area contributed by atoms with Gasteiger partial charge in [0.15, 0.2) is 11.5 Å². The molecule has 1 heterocycles. The van der Waals surface area contributed by atoms with Crippen LogP contribution in [0.3, 0.4) is 0 Å². The molecule has 1 aliphatic heterocycles. The van der Waals surface area contributed by atoms with Gasteiger partial charge < -0.3 is 14.4 Å². The molecule has 4 nitrogen and oxygen atoms in total. The minimum Gasteiger partial charge on any atom is -0.493 e. The van der Waals surface area contributed by atoms with Crippen LogP contribution in [0.25, 0.3) is 0 Å². The highest BCUT2D eigenvalue weighted by atomic mass is 35.5. The van der Waals surface area contributed by atoms with Crippen LogP contribution in [0.15, 0.2) is 36.4 Å². The molecule has 2 aromatic carbocycles. The second-order valence-electron chi connectivity index (χ2n) is 6.85. The van der Waals surface area contributed by atoms with Crippen molar-refractivity contribution in [3.05, 3.63) is 58.1 Å². The summed E-state index contributed by atoms with van der Waals surface area (Å²) in [6.07, 6.45) is 0.783. The van der Waals surface area contributed by atoms with Crippen molar-refractivity contribution in [2.24, 2.45) is 5.92 Å². The standard InChI is InChI=1S/C21H24ClNO3/c1-13(2)20-17-12-19(26-4)18(25-3)11-14(17)8-9-23(20)21(24)15-6-5-7-16(22)10-15/h5-7,10-13,20H,8-9H2,1-4H3/t20-/m0/s1. The Bertz CT molecular complexity index is 819. The molecule has 0 bridgehead atoms. The molecule has 1 aliphatic rings. The molecule has 0 spiro atoms. The number of carbonyl (C=O) groups is 1. The predicted octanol–water partition coefficient (Wildman–Crippen LogP) is 4.75. The number of amides is 1. The van der Waals surface area contributed by atoms with E-state index in [1.54, 1.807) is 26.4 Å². The zero-order chi connectivity index (χ0) is 18.8. The normalized spacial score (nSPS) is 16.4. The maximum Gasteiger partial charge on any atom is 0.254 e. The maximum atomic E-state index is 13.2. The molecule has 0 saturated carbocycles. The van der Waals surface area contributed by atoms with Gasteiger partial charge >= 0.3 is 0 Å². The first-order valence-electron chi connectivity index (χ1n) is 8.77. The Morgan fingerprint density at radius 2 is 1.85 bits per heavy atom. The molecule has 5 heteroatoms. The fourth-order valence-electron chi connectivity index (χ4n) is 3.71. The third-order valence-electron chi connectivity index (χ3n) is 4.89. The van der Waals surface area contributed by atoms with Gasteiger partial charge in [-0.05, 0) is 53.8 Å². The van der Waals surface area contributed by atoms with Crippen LogP contribution in [0.1, 0.15) is 41.4 Å². The van der Waals surface area contributed by atoms with Gasteiger partial charge in [0.2, 0.25) is 0 Å². The van der Waals surface area contributed by atoms with Gasteiger partial charge in [-0.15, -0.1) is 0 Å². The van der Waals surface area contributed by atoms with E-state index in [1.165, 1.54) is 5.56 Å². The van der Waals surface area contributed by atoms with Crippen LogP contribution in [0, 0.1) is 5.92 Å². The zero-order valence-corrected chi connectivity index (χ0v) is 16.3. The fourth-order valence-corrected chi connectivity index (χ4v) is 3.90. The first kappa shape index (κ1) is 18.6. The Morgan fingerprint density at radius 3 is 2.46 bits per heavy atom. The second-order valence-corrected chi connectivity index (χ2v) is 7.29.